The van der Waals surface area contributed by atoms with E-state index in [0.29, 0.717) is 18.8 Å². The molecule has 27 heavy (non-hydrogen) atoms. The molecule has 0 amide bonds. The van der Waals surface area contributed by atoms with E-state index >= 15 is 0 Å². The summed E-state index contributed by atoms with van der Waals surface area (Å²) in [4.78, 5) is 16.5. The molecule has 138 valence electrons. The van der Waals surface area contributed by atoms with Crippen molar-refractivity contribution in [3.8, 4) is 11.4 Å². The number of allylic oxidation sites excluding steroid dienone is 1. The molecule has 0 aliphatic carbocycles. The summed E-state index contributed by atoms with van der Waals surface area (Å²) in [6.45, 7) is 3.06. The van der Waals surface area contributed by atoms with Crippen LogP contribution in [-0.4, -0.2) is 29.1 Å². The lowest BCUT2D eigenvalue weighted by atomic mass is 10.1. The third-order valence-corrected chi connectivity index (χ3v) is 4.15. The molecular weight excluding hydrogens is 340 g/mol. The number of imidazole rings is 1. The van der Waals surface area contributed by atoms with E-state index in [-0.39, 0.29) is 5.78 Å². The largest absolute Gasteiger partial charge is 0.496 e. The maximum absolute atomic E-state index is 12.4. The highest BCUT2D eigenvalue weighted by molar-refractivity contribution is 6.06. The summed E-state index contributed by atoms with van der Waals surface area (Å²) >= 11 is 0. The molecule has 1 heterocycles. The van der Waals surface area contributed by atoms with Gasteiger partial charge in [0.1, 0.15) is 5.75 Å². The molecule has 3 aromatic rings. The quantitative estimate of drug-likeness (QED) is 0.442. The molecule has 0 fully saturated rings. The molecule has 5 heteroatoms. The molecular formula is C22H22N2O3. The molecule has 2 aromatic carbocycles. The normalized spacial score (nSPS) is 11.0. The SMILES string of the molecule is CCOCc1cc(/C=C/C(=O)c2ccc(-n3ccnc3)cc2)ccc1OC. The van der Waals surface area contributed by atoms with Crippen molar-refractivity contribution in [2.24, 2.45) is 0 Å². The third-order valence-electron chi connectivity index (χ3n) is 4.15. The first-order valence-electron chi connectivity index (χ1n) is 8.76. The minimum atomic E-state index is -0.0469. The molecule has 0 spiro atoms. The van der Waals surface area contributed by atoms with E-state index in [1.807, 2.05) is 60.2 Å². The number of rotatable bonds is 8. The number of methoxy groups -OCH3 is 1. The van der Waals surface area contributed by atoms with E-state index in [1.54, 1.807) is 31.8 Å². The van der Waals surface area contributed by atoms with Crippen LogP contribution in [0.5, 0.6) is 5.75 Å². The average Bonchev–Trinajstić information content (AvgIpc) is 3.25. The van der Waals surface area contributed by atoms with Crippen molar-refractivity contribution in [2.45, 2.75) is 13.5 Å². The van der Waals surface area contributed by atoms with Gasteiger partial charge in [-0.1, -0.05) is 12.1 Å². The first kappa shape index (κ1) is 18.6. The summed E-state index contributed by atoms with van der Waals surface area (Å²) in [5, 5.41) is 0. The number of benzene rings is 2. The van der Waals surface area contributed by atoms with Gasteiger partial charge in [-0.3, -0.25) is 4.79 Å². The van der Waals surface area contributed by atoms with Crippen molar-refractivity contribution in [1.82, 2.24) is 9.55 Å². The second-order valence-corrected chi connectivity index (χ2v) is 5.92. The number of ketones is 1. The second kappa shape index (κ2) is 8.96. The van der Waals surface area contributed by atoms with Crippen LogP contribution < -0.4 is 4.74 Å². The maximum atomic E-state index is 12.4. The van der Waals surface area contributed by atoms with Crippen LogP contribution in [0.3, 0.4) is 0 Å². The molecule has 0 saturated carbocycles. The van der Waals surface area contributed by atoms with E-state index in [0.717, 1.165) is 22.6 Å². The van der Waals surface area contributed by atoms with Gasteiger partial charge in [-0.25, -0.2) is 4.98 Å². The Morgan fingerprint density at radius 2 is 2.00 bits per heavy atom. The zero-order valence-electron chi connectivity index (χ0n) is 15.5. The highest BCUT2D eigenvalue weighted by Crippen LogP contribution is 2.22. The van der Waals surface area contributed by atoms with Crippen LogP contribution in [0.2, 0.25) is 0 Å². The fourth-order valence-electron chi connectivity index (χ4n) is 2.70. The van der Waals surface area contributed by atoms with Crippen molar-refractivity contribution in [2.75, 3.05) is 13.7 Å². The molecule has 1 aromatic heterocycles. The Morgan fingerprint density at radius 3 is 2.67 bits per heavy atom. The second-order valence-electron chi connectivity index (χ2n) is 5.92. The van der Waals surface area contributed by atoms with Crippen LogP contribution in [-0.2, 0) is 11.3 Å². The van der Waals surface area contributed by atoms with E-state index in [2.05, 4.69) is 4.98 Å². The molecule has 0 aliphatic heterocycles. The molecule has 0 N–H and O–H groups in total. The summed E-state index contributed by atoms with van der Waals surface area (Å²) in [6.07, 6.45) is 8.69. The van der Waals surface area contributed by atoms with Gasteiger partial charge in [0.15, 0.2) is 5.78 Å². The zero-order chi connectivity index (χ0) is 19.1. The Bertz CT molecular complexity index is 913. The molecule has 0 atom stereocenters. The number of carbonyl (C=O) groups excluding carboxylic acids is 1. The fraction of sp³-hybridized carbons (Fsp3) is 0.182. The van der Waals surface area contributed by atoms with Gasteiger partial charge in [0.05, 0.1) is 20.0 Å². The van der Waals surface area contributed by atoms with Crippen LogP contribution in [0.25, 0.3) is 11.8 Å². The first-order valence-corrected chi connectivity index (χ1v) is 8.76. The van der Waals surface area contributed by atoms with Gasteiger partial charge in [-0.2, -0.15) is 0 Å². The number of carbonyl (C=O) groups is 1. The first-order chi connectivity index (χ1) is 13.2. The van der Waals surface area contributed by atoms with Crippen LogP contribution >= 0.6 is 0 Å². The summed E-state index contributed by atoms with van der Waals surface area (Å²) < 4.78 is 12.7. The average molecular weight is 362 g/mol. The van der Waals surface area contributed by atoms with Crippen LogP contribution in [0.4, 0.5) is 0 Å². The van der Waals surface area contributed by atoms with Gasteiger partial charge in [-0.15, -0.1) is 0 Å². The molecule has 5 nitrogen and oxygen atoms in total. The number of hydrogen-bond acceptors (Lipinski definition) is 4. The van der Waals surface area contributed by atoms with E-state index in [1.165, 1.54) is 0 Å². The summed E-state index contributed by atoms with van der Waals surface area (Å²) in [5.41, 5.74) is 3.48. The van der Waals surface area contributed by atoms with Gasteiger partial charge < -0.3 is 14.0 Å². The molecule has 0 bridgehead atoms. The Labute approximate surface area is 158 Å². The summed E-state index contributed by atoms with van der Waals surface area (Å²) in [6, 6.07) is 13.2. The lowest BCUT2D eigenvalue weighted by molar-refractivity contribution is 0.104. The minimum absolute atomic E-state index is 0.0469. The lowest BCUT2D eigenvalue weighted by Crippen LogP contribution is -1.97. The fourth-order valence-corrected chi connectivity index (χ4v) is 2.70. The van der Waals surface area contributed by atoms with Gasteiger partial charge >= 0.3 is 0 Å². The Morgan fingerprint density at radius 1 is 1.19 bits per heavy atom. The van der Waals surface area contributed by atoms with Crippen molar-refractivity contribution in [3.63, 3.8) is 0 Å². The maximum Gasteiger partial charge on any atom is 0.185 e. The Balaban J connectivity index is 1.72. The van der Waals surface area contributed by atoms with Gasteiger partial charge in [0.2, 0.25) is 0 Å². The van der Waals surface area contributed by atoms with Crippen molar-refractivity contribution in [1.29, 1.82) is 0 Å². The van der Waals surface area contributed by atoms with Gasteiger partial charge in [0.25, 0.3) is 0 Å². The number of hydrogen-bond donors (Lipinski definition) is 0. The Kier molecular flexibility index (Phi) is 6.18. The van der Waals surface area contributed by atoms with E-state index in [4.69, 9.17) is 9.47 Å². The zero-order valence-corrected chi connectivity index (χ0v) is 15.5. The van der Waals surface area contributed by atoms with Crippen LogP contribution in [0, 0.1) is 0 Å². The molecule has 0 saturated heterocycles. The number of nitrogens with zero attached hydrogens (tertiary/aromatic N) is 2. The summed E-state index contributed by atoms with van der Waals surface area (Å²) in [5.74, 6) is 0.733. The standard InChI is InChI=1S/C22H22N2O3/c1-3-27-15-19-14-17(5-11-22(19)26-2)4-10-21(25)18-6-8-20(9-7-18)24-13-12-23-16-24/h4-14,16H,3,15H2,1-2H3/b10-4+. The topological polar surface area (TPSA) is 53.4 Å². The van der Waals surface area contributed by atoms with Gasteiger partial charge in [-0.05, 0) is 55.0 Å². The number of aromatic nitrogens is 2. The Hall–Kier alpha value is -3.18. The van der Waals surface area contributed by atoms with E-state index in [9.17, 15) is 4.79 Å². The predicted octanol–water partition coefficient (Wildman–Crippen LogP) is 4.31. The molecule has 0 unspecified atom stereocenters. The van der Waals surface area contributed by atoms with Crippen LogP contribution in [0.1, 0.15) is 28.4 Å². The van der Waals surface area contributed by atoms with Gasteiger partial charge in [0, 0.05) is 35.8 Å². The lowest BCUT2D eigenvalue weighted by Gasteiger charge is -2.09. The third kappa shape index (κ3) is 4.71. The van der Waals surface area contributed by atoms with Crippen LogP contribution in [0.15, 0.2) is 67.3 Å². The smallest absolute Gasteiger partial charge is 0.185 e. The highest BCUT2D eigenvalue weighted by atomic mass is 16.5. The summed E-state index contributed by atoms with van der Waals surface area (Å²) in [7, 11) is 1.64. The van der Waals surface area contributed by atoms with Crippen molar-refractivity contribution >= 4 is 11.9 Å². The number of ether oxygens (including phenoxy) is 2. The molecule has 3 rings (SSSR count). The molecule has 0 radical (unpaired) electrons. The van der Waals surface area contributed by atoms with Crippen molar-refractivity contribution < 1.29 is 14.3 Å². The highest BCUT2D eigenvalue weighted by Gasteiger charge is 2.05. The molecule has 0 aliphatic rings. The predicted molar refractivity (Wildman–Crippen MR) is 105 cm³/mol. The van der Waals surface area contributed by atoms with Crippen molar-refractivity contribution in [3.05, 3.63) is 84.0 Å². The van der Waals surface area contributed by atoms with E-state index < -0.39 is 0 Å². The minimum Gasteiger partial charge on any atom is -0.496 e. The monoisotopic (exact) mass is 362 g/mol.